The van der Waals surface area contributed by atoms with Gasteiger partial charge in [-0.3, -0.25) is 23.9 Å². The summed E-state index contributed by atoms with van der Waals surface area (Å²) in [5.74, 6) is -0.836. The largest absolute Gasteiger partial charge is 0.461 e. The van der Waals surface area contributed by atoms with Crippen molar-refractivity contribution in [2.75, 3.05) is 6.61 Å². The van der Waals surface area contributed by atoms with Crippen molar-refractivity contribution in [1.29, 1.82) is 0 Å². The van der Waals surface area contributed by atoms with Crippen LogP contribution >= 0.6 is 0 Å². The minimum absolute atomic E-state index is 0.0397. The predicted octanol–water partition coefficient (Wildman–Crippen LogP) is 10.6. The highest BCUT2D eigenvalue weighted by molar-refractivity contribution is 5.96. The number of esters is 2. The molecule has 59 heavy (non-hydrogen) atoms. The van der Waals surface area contributed by atoms with Crippen molar-refractivity contribution < 1.29 is 28.7 Å². The molecule has 0 bridgehead atoms. The molecule has 312 valence electrons. The number of hydrogen-bond acceptors (Lipinski definition) is 7. The average molecular weight is 799 g/mol. The fraction of sp³-hybridized carbons (Fsp3) is 0.549. The fourth-order valence-electron chi connectivity index (χ4n) is 13.5. The maximum Gasteiger partial charge on any atom is 0.314 e. The molecule has 0 N–H and O–H groups in total. The highest BCUT2D eigenvalue weighted by Gasteiger charge is 2.72. The number of carbonyl (C=O) groups excluding carboxylic acids is 4. The summed E-state index contributed by atoms with van der Waals surface area (Å²) in [7, 11) is 0. The standard InChI is InChI=1S/C51H62N2O6/c1-9-28-58-45(57)51(8)40-20-23-50(7)43(48(40,5)22-21-41(51)53-32-36(31-52-53)33(2)54)39(55)29-37-38-30-47(4,25-24-46(38,3)26-27-49(37,50)6)44(56)59-42(34-16-12-10-13-17-34)35-18-14-11-15-19-35/h9-19,29,31-32,38,40-43H,1,20-28,30H2,2-8H3/t38-,40+,41-,43+,46+,47-,48-,49+,50+,51-/m0/s1. The second-order valence-corrected chi connectivity index (χ2v) is 20.3. The summed E-state index contributed by atoms with van der Waals surface area (Å²) < 4.78 is 14.3. The molecule has 10 atom stereocenters. The minimum atomic E-state index is -1.00. The quantitative estimate of drug-likeness (QED) is 0.121. The third-order valence-corrected chi connectivity index (χ3v) is 17.2. The molecule has 2 aromatic carbocycles. The van der Waals surface area contributed by atoms with Crippen molar-refractivity contribution in [3.63, 3.8) is 0 Å². The van der Waals surface area contributed by atoms with Gasteiger partial charge in [0.1, 0.15) is 6.61 Å². The first kappa shape index (κ1) is 41.2. The van der Waals surface area contributed by atoms with Gasteiger partial charge in [0, 0.05) is 12.1 Å². The van der Waals surface area contributed by atoms with Gasteiger partial charge in [0.15, 0.2) is 17.7 Å². The van der Waals surface area contributed by atoms with Gasteiger partial charge in [0.25, 0.3) is 0 Å². The van der Waals surface area contributed by atoms with Gasteiger partial charge in [-0.1, -0.05) is 107 Å². The molecule has 3 aromatic rings. The number of ketones is 2. The van der Waals surface area contributed by atoms with Crippen LogP contribution in [0.5, 0.6) is 0 Å². The summed E-state index contributed by atoms with van der Waals surface area (Å²) in [6.07, 6.45) is 13.6. The van der Waals surface area contributed by atoms with E-state index >= 15 is 4.79 Å². The molecule has 1 heterocycles. The molecular formula is C51H62N2O6. The number of rotatable bonds is 9. The van der Waals surface area contributed by atoms with Crippen LogP contribution in [-0.2, 0) is 23.9 Å². The van der Waals surface area contributed by atoms with Gasteiger partial charge in [-0.25, -0.2) is 0 Å². The Kier molecular flexibility index (Phi) is 10.2. The molecule has 8 rings (SSSR count). The van der Waals surface area contributed by atoms with E-state index in [1.807, 2.05) is 73.7 Å². The second-order valence-electron chi connectivity index (χ2n) is 20.3. The lowest BCUT2D eigenvalue weighted by Crippen LogP contribution is -2.67. The topological polar surface area (TPSA) is 105 Å². The predicted molar refractivity (Wildman–Crippen MR) is 227 cm³/mol. The molecule has 0 unspecified atom stereocenters. The Morgan fingerprint density at radius 1 is 0.864 bits per heavy atom. The van der Waals surface area contributed by atoms with Gasteiger partial charge in [0.05, 0.1) is 28.6 Å². The van der Waals surface area contributed by atoms with E-state index in [9.17, 15) is 14.4 Å². The fourth-order valence-corrected chi connectivity index (χ4v) is 13.5. The Morgan fingerprint density at radius 2 is 1.51 bits per heavy atom. The van der Waals surface area contributed by atoms with Crippen molar-refractivity contribution in [2.24, 2.45) is 50.2 Å². The molecule has 5 aliphatic rings. The van der Waals surface area contributed by atoms with E-state index in [0.29, 0.717) is 18.4 Å². The summed E-state index contributed by atoms with van der Waals surface area (Å²) >= 11 is 0. The van der Waals surface area contributed by atoms with Gasteiger partial charge in [0.2, 0.25) is 0 Å². The van der Waals surface area contributed by atoms with E-state index in [0.717, 1.165) is 56.1 Å². The van der Waals surface area contributed by atoms with E-state index in [2.05, 4.69) is 46.3 Å². The lowest BCUT2D eigenvalue weighted by molar-refractivity contribution is -0.207. The van der Waals surface area contributed by atoms with Crippen LogP contribution in [0.3, 0.4) is 0 Å². The molecule has 4 fully saturated rings. The first-order chi connectivity index (χ1) is 27.9. The van der Waals surface area contributed by atoms with Crippen LogP contribution in [-0.4, -0.2) is 39.9 Å². The van der Waals surface area contributed by atoms with Crippen LogP contribution in [0, 0.1) is 50.2 Å². The third kappa shape index (κ3) is 6.24. The number of hydrogen-bond donors (Lipinski definition) is 0. The molecule has 1 aromatic heterocycles. The maximum atomic E-state index is 15.3. The lowest BCUT2D eigenvalue weighted by atomic mass is 9.33. The van der Waals surface area contributed by atoms with Gasteiger partial charge >= 0.3 is 11.9 Å². The van der Waals surface area contributed by atoms with Crippen LogP contribution in [0.25, 0.3) is 0 Å². The number of Topliss-reactive ketones (excluding diaryl/α,β-unsaturated/α-hetero) is 1. The molecule has 5 aliphatic carbocycles. The number of carbonyl (C=O) groups is 4. The summed E-state index contributed by atoms with van der Waals surface area (Å²) in [6, 6.07) is 19.6. The number of aromatic nitrogens is 2. The highest BCUT2D eigenvalue weighted by atomic mass is 16.5. The third-order valence-electron chi connectivity index (χ3n) is 17.2. The average Bonchev–Trinajstić information content (AvgIpc) is 3.71. The van der Waals surface area contributed by atoms with Gasteiger partial charge in [-0.15, -0.1) is 0 Å². The van der Waals surface area contributed by atoms with Crippen molar-refractivity contribution in [3.05, 3.63) is 114 Å². The van der Waals surface area contributed by atoms with Crippen LogP contribution < -0.4 is 0 Å². The number of allylic oxidation sites excluding steroid dienone is 2. The summed E-state index contributed by atoms with van der Waals surface area (Å²) in [5.41, 5.74) is 0.685. The zero-order valence-corrected chi connectivity index (χ0v) is 36.1. The number of benzene rings is 2. The summed E-state index contributed by atoms with van der Waals surface area (Å²) in [6.45, 7) is 18.9. The van der Waals surface area contributed by atoms with Crippen LogP contribution in [0.4, 0.5) is 0 Å². The number of fused-ring (bicyclic) bond motifs is 7. The molecule has 0 spiro atoms. The van der Waals surface area contributed by atoms with Crippen molar-refractivity contribution >= 4 is 23.5 Å². The molecule has 0 radical (unpaired) electrons. The Labute approximate surface area is 350 Å². The second kappa shape index (κ2) is 14.6. The first-order valence-corrected chi connectivity index (χ1v) is 21.9. The molecule has 4 saturated carbocycles. The molecule has 0 aliphatic heterocycles. The van der Waals surface area contributed by atoms with Gasteiger partial charge < -0.3 is 9.47 Å². The van der Waals surface area contributed by atoms with Gasteiger partial charge in [-0.2, -0.15) is 5.10 Å². The Balaban J connectivity index is 1.14. The number of ether oxygens (including phenoxy) is 2. The summed E-state index contributed by atoms with van der Waals surface area (Å²) in [5, 5.41) is 4.63. The zero-order valence-electron chi connectivity index (χ0n) is 36.1. The van der Waals surface area contributed by atoms with Gasteiger partial charge in [-0.05, 0) is 129 Å². The van der Waals surface area contributed by atoms with E-state index in [1.54, 1.807) is 23.2 Å². The Bertz CT molecular complexity index is 2150. The van der Waals surface area contributed by atoms with Crippen LogP contribution in [0.15, 0.2) is 97.4 Å². The zero-order chi connectivity index (χ0) is 42.2. The van der Waals surface area contributed by atoms with E-state index < -0.39 is 22.3 Å². The maximum absolute atomic E-state index is 15.3. The van der Waals surface area contributed by atoms with Crippen molar-refractivity contribution in [1.82, 2.24) is 9.78 Å². The monoisotopic (exact) mass is 798 g/mol. The Hall–Kier alpha value is -4.59. The van der Waals surface area contributed by atoms with Crippen molar-refractivity contribution in [3.8, 4) is 0 Å². The number of nitrogens with zero attached hydrogens (tertiary/aromatic N) is 2. The van der Waals surface area contributed by atoms with E-state index in [-0.39, 0.29) is 70.2 Å². The van der Waals surface area contributed by atoms with Crippen molar-refractivity contribution in [2.45, 2.75) is 118 Å². The molecule has 0 saturated heterocycles. The summed E-state index contributed by atoms with van der Waals surface area (Å²) in [4.78, 5) is 56.6. The van der Waals surface area contributed by atoms with Crippen LogP contribution in [0.1, 0.15) is 140 Å². The Morgan fingerprint density at radius 3 is 2.12 bits per heavy atom. The smallest absolute Gasteiger partial charge is 0.314 e. The molecule has 8 nitrogen and oxygen atoms in total. The molecule has 0 amide bonds. The SMILES string of the molecule is C=CCOC(=O)[C@]1(C)[C@@H](n2cc(C(C)=O)cn2)CC[C@@]2(C)[C@H]1CC[C@]1(C)[C@@H]2C(=O)C=C2[C@@H]3C[C@@](C)(C(=O)OC(c4ccccc4)c4ccccc4)CC[C@]3(C)CC[C@]21C. The van der Waals surface area contributed by atoms with E-state index in [1.165, 1.54) is 12.5 Å². The molecule has 8 heteroatoms. The normalized spacial score (nSPS) is 37.5. The van der Waals surface area contributed by atoms with E-state index in [4.69, 9.17) is 9.47 Å². The molecular weight excluding hydrogens is 737 g/mol. The first-order valence-electron chi connectivity index (χ1n) is 21.9. The lowest BCUT2D eigenvalue weighted by Gasteiger charge is -2.70. The highest BCUT2D eigenvalue weighted by Crippen LogP contribution is 2.76. The minimum Gasteiger partial charge on any atom is -0.461 e. The van der Waals surface area contributed by atoms with Crippen LogP contribution in [0.2, 0.25) is 0 Å².